The fraction of sp³-hybridized carbons (Fsp3) is 0.333. The minimum atomic E-state index is -0.0749. The predicted octanol–water partition coefficient (Wildman–Crippen LogP) is 1.52. The molecule has 1 aromatic heterocycles. The van der Waals surface area contributed by atoms with Gasteiger partial charge in [-0.25, -0.2) is 0 Å². The fourth-order valence-electron chi connectivity index (χ4n) is 1.90. The molecule has 2 rings (SSSR count). The van der Waals surface area contributed by atoms with Crippen LogP contribution in [0.15, 0.2) is 24.4 Å². The van der Waals surface area contributed by atoms with Crippen LogP contribution in [-0.4, -0.2) is 15.0 Å². The molecule has 0 saturated heterocycles. The quantitative estimate of drug-likeness (QED) is 0.650. The van der Waals surface area contributed by atoms with E-state index in [-0.39, 0.29) is 6.04 Å². The fourth-order valence-corrected chi connectivity index (χ4v) is 2.15. The van der Waals surface area contributed by atoms with Gasteiger partial charge >= 0.3 is 0 Å². The lowest BCUT2D eigenvalue weighted by atomic mass is 10.0. The molecule has 0 aliphatic rings. The number of aromatic nitrogens is 3. The summed E-state index contributed by atoms with van der Waals surface area (Å²) in [4.78, 5) is 0. The van der Waals surface area contributed by atoms with Crippen molar-refractivity contribution in [3.8, 4) is 0 Å². The number of nitrogens with two attached hydrogens (primary N) is 1. The molecule has 1 unspecified atom stereocenters. The van der Waals surface area contributed by atoms with Gasteiger partial charge in [0.1, 0.15) is 0 Å². The number of hydrogen-bond acceptors (Lipinski definition) is 4. The number of benzene rings is 1. The highest BCUT2D eigenvalue weighted by Crippen LogP contribution is 2.27. The molecule has 0 aliphatic heterocycles. The highest BCUT2D eigenvalue weighted by Gasteiger charge is 2.16. The molecule has 5 nitrogen and oxygen atoms in total. The maximum atomic E-state index is 6.30. The Balaban J connectivity index is 2.25. The Bertz CT molecular complexity index is 537. The smallest absolute Gasteiger partial charge is 0.0846 e. The van der Waals surface area contributed by atoms with Gasteiger partial charge in [0.15, 0.2) is 0 Å². The third kappa shape index (κ3) is 2.69. The van der Waals surface area contributed by atoms with Crippen LogP contribution in [0.3, 0.4) is 0 Å². The Labute approximate surface area is 111 Å². The van der Waals surface area contributed by atoms with E-state index in [1.54, 1.807) is 4.68 Å². The molecule has 3 N–H and O–H groups in total. The van der Waals surface area contributed by atoms with Crippen molar-refractivity contribution in [2.75, 3.05) is 0 Å². The lowest BCUT2D eigenvalue weighted by Crippen LogP contribution is -2.30. The van der Waals surface area contributed by atoms with E-state index in [1.807, 2.05) is 38.4 Å². The van der Waals surface area contributed by atoms with E-state index in [2.05, 4.69) is 15.7 Å². The van der Waals surface area contributed by atoms with Crippen molar-refractivity contribution in [1.82, 2.24) is 20.4 Å². The van der Waals surface area contributed by atoms with Gasteiger partial charge in [0.2, 0.25) is 0 Å². The zero-order valence-electron chi connectivity index (χ0n) is 10.4. The maximum Gasteiger partial charge on any atom is 0.0846 e. The second-order valence-electron chi connectivity index (χ2n) is 4.29. The summed E-state index contributed by atoms with van der Waals surface area (Å²) in [5.41, 5.74) is 5.67. The molecule has 0 spiro atoms. The largest absolute Gasteiger partial charge is 0.271 e. The topological polar surface area (TPSA) is 68.8 Å². The summed E-state index contributed by atoms with van der Waals surface area (Å²) >= 11 is 6.30. The van der Waals surface area contributed by atoms with E-state index in [0.29, 0.717) is 6.42 Å². The van der Waals surface area contributed by atoms with Crippen molar-refractivity contribution in [2.24, 2.45) is 12.9 Å². The highest BCUT2D eigenvalue weighted by atomic mass is 35.5. The Morgan fingerprint density at radius 3 is 2.89 bits per heavy atom. The summed E-state index contributed by atoms with van der Waals surface area (Å²) < 4.78 is 1.67. The molecule has 18 heavy (non-hydrogen) atoms. The number of nitrogens with zero attached hydrogens (tertiary/aromatic N) is 3. The van der Waals surface area contributed by atoms with Crippen LogP contribution in [0.2, 0.25) is 5.02 Å². The Morgan fingerprint density at radius 2 is 2.28 bits per heavy atom. The Kier molecular flexibility index (Phi) is 3.96. The lowest BCUT2D eigenvalue weighted by Gasteiger charge is -2.17. The predicted molar refractivity (Wildman–Crippen MR) is 71.0 cm³/mol. The van der Waals surface area contributed by atoms with Crippen molar-refractivity contribution < 1.29 is 0 Å². The van der Waals surface area contributed by atoms with Gasteiger partial charge in [-0.05, 0) is 18.1 Å². The third-order valence-corrected chi connectivity index (χ3v) is 3.38. The molecule has 96 valence electrons. The van der Waals surface area contributed by atoms with Gasteiger partial charge in [-0.1, -0.05) is 35.0 Å². The molecule has 0 radical (unpaired) electrons. The molecule has 0 aliphatic carbocycles. The summed E-state index contributed by atoms with van der Waals surface area (Å²) in [5, 5.41) is 8.70. The third-order valence-electron chi connectivity index (χ3n) is 2.86. The van der Waals surface area contributed by atoms with Crippen molar-refractivity contribution in [1.29, 1.82) is 0 Å². The summed E-state index contributed by atoms with van der Waals surface area (Å²) in [6.45, 7) is 1.97. The number of hydrazine groups is 1. The molecule has 0 fully saturated rings. The van der Waals surface area contributed by atoms with Crippen LogP contribution >= 0.6 is 11.6 Å². The first-order chi connectivity index (χ1) is 8.61. The second kappa shape index (κ2) is 5.48. The van der Waals surface area contributed by atoms with Crippen LogP contribution < -0.4 is 11.3 Å². The molecule has 6 heteroatoms. The summed E-state index contributed by atoms with van der Waals surface area (Å²) in [6, 6.07) is 5.84. The Hall–Kier alpha value is -1.43. The molecule has 1 atom stereocenters. The zero-order valence-corrected chi connectivity index (χ0v) is 11.1. The molecule has 0 saturated carbocycles. The van der Waals surface area contributed by atoms with Gasteiger partial charge in [0.05, 0.1) is 11.7 Å². The number of aryl methyl sites for hydroxylation is 2. The van der Waals surface area contributed by atoms with E-state index in [1.165, 1.54) is 0 Å². The first-order valence-electron chi connectivity index (χ1n) is 5.68. The lowest BCUT2D eigenvalue weighted by molar-refractivity contribution is 0.545. The van der Waals surface area contributed by atoms with Gasteiger partial charge in [0.25, 0.3) is 0 Å². The average molecular weight is 266 g/mol. The van der Waals surface area contributed by atoms with Crippen LogP contribution in [0.25, 0.3) is 0 Å². The number of halogens is 1. The van der Waals surface area contributed by atoms with E-state index in [9.17, 15) is 0 Å². The zero-order chi connectivity index (χ0) is 13.1. The van der Waals surface area contributed by atoms with Gasteiger partial charge in [-0.3, -0.25) is 16.0 Å². The standard InChI is InChI=1S/C12H16ClN5/c1-8-4-3-5-10(12(8)13)11(15-14)6-9-7-18(2)17-16-9/h3-5,7,11,15H,6,14H2,1-2H3. The van der Waals surface area contributed by atoms with Crippen molar-refractivity contribution >= 4 is 11.6 Å². The van der Waals surface area contributed by atoms with Crippen LogP contribution in [-0.2, 0) is 13.5 Å². The first kappa shape index (κ1) is 13.0. The molecule has 1 heterocycles. The number of nitrogens with one attached hydrogen (secondary N) is 1. The normalized spacial score (nSPS) is 12.7. The van der Waals surface area contributed by atoms with Crippen LogP contribution in [0, 0.1) is 6.92 Å². The summed E-state index contributed by atoms with van der Waals surface area (Å²) in [7, 11) is 1.83. The molecule has 0 amide bonds. The van der Waals surface area contributed by atoms with Crippen LogP contribution in [0.4, 0.5) is 0 Å². The van der Waals surface area contributed by atoms with E-state index >= 15 is 0 Å². The van der Waals surface area contributed by atoms with Crippen LogP contribution in [0.1, 0.15) is 22.9 Å². The minimum Gasteiger partial charge on any atom is -0.271 e. The summed E-state index contributed by atoms with van der Waals surface area (Å²) in [6.07, 6.45) is 2.52. The van der Waals surface area contributed by atoms with Crippen molar-refractivity contribution in [3.05, 3.63) is 46.2 Å². The number of rotatable bonds is 4. The van der Waals surface area contributed by atoms with E-state index < -0.39 is 0 Å². The number of hydrogen-bond donors (Lipinski definition) is 2. The van der Waals surface area contributed by atoms with Crippen LogP contribution in [0.5, 0.6) is 0 Å². The molecule has 2 aromatic rings. The SMILES string of the molecule is Cc1cccc(C(Cc2cn(C)nn2)NN)c1Cl. The van der Waals surface area contributed by atoms with Gasteiger partial charge in [-0.15, -0.1) is 5.10 Å². The van der Waals surface area contributed by atoms with Crippen molar-refractivity contribution in [2.45, 2.75) is 19.4 Å². The molecule has 0 bridgehead atoms. The molecular formula is C12H16ClN5. The van der Waals surface area contributed by atoms with E-state index in [0.717, 1.165) is 21.8 Å². The highest BCUT2D eigenvalue weighted by molar-refractivity contribution is 6.32. The molecule has 1 aromatic carbocycles. The molecular weight excluding hydrogens is 250 g/mol. The summed E-state index contributed by atoms with van der Waals surface area (Å²) in [5.74, 6) is 5.61. The van der Waals surface area contributed by atoms with Gasteiger partial charge in [-0.2, -0.15) is 0 Å². The average Bonchev–Trinajstić information content (AvgIpc) is 2.76. The van der Waals surface area contributed by atoms with Gasteiger partial charge < -0.3 is 0 Å². The first-order valence-corrected chi connectivity index (χ1v) is 6.06. The van der Waals surface area contributed by atoms with E-state index in [4.69, 9.17) is 17.4 Å². The Morgan fingerprint density at radius 1 is 1.50 bits per heavy atom. The maximum absolute atomic E-state index is 6.30. The van der Waals surface area contributed by atoms with Gasteiger partial charge in [0, 0.05) is 24.7 Å². The minimum absolute atomic E-state index is 0.0749. The monoisotopic (exact) mass is 265 g/mol. The second-order valence-corrected chi connectivity index (χ2v) is 4.66. The van der Waals surface area contributed by atoms with Crippen molar-refractivity contribution in [3.63, 3.8) is 0 Å².